The van der Waals surface area contributed by atoms with E-state index in [4.69, 9.17) is 6.57 Å². The number of fused-ring (bicyclic) bond motifs is 1. The Balaban J connectivity index is 2.15. The van der Waals surface area contributed by atoms with Crippen molar-refractivity contribution < 1.29 is 0 Å². The summed E-state index contributed by atoms with van der Waals surface area (Å²) in [7, 11) is 0. The number of imidazole rings is 1. The highest BCUT2D eigenvalue weighted by molar-refractivity contribution is 5.90. The van der Waals surface area contributed by atoms with Crippen LogP contribution in [-0.4, -0.2) is 14.5 Å². The minimum absolute atomic E-state index is 0.596. The lowest BCUT2D eigenvalue weighted by atomic mass is 10.0. The highest BCUT2D eigenvalue weighted by atomic mass is 15.1. The molecular formula is C17H16N4. The lowest BCUT2D eigenvalue weighted by molar-refractivity contribution is 0.646. The molecule has 0 saturated carbocycles. The fourth-order valence-electron chi connectivity index (χ4n) is 2.50. The quantitative estimate of drug-likeness (QED) is 0.673. The zero-order chi connectivity index (χ0) is 14.8. The van der Waals surface area contributed by atoms with Crippen molar-refractivity contribution in [2.24, 2.45) is 5.92 Å². The van der Waals surface area contributed by atoms with Crippen LogP contribution in [0.1, 0.15) is 19.4 Å². The van der Waals surface area contributed by atoms with Gasteiger partial charge in [-0.05, 0) is 36.1 Å². The number of benzene rings is 1. The monoisotopic (exact) mass is 276 g/mol. The van der Waals surface area contributed by atoms with E-state index in [1.54, 1.807) is 6.33 Å². The summed E-state index contributed by atoms with van der Waals surface area (Å²) in [5, 5.41) is 0. The largest absolute Gasteiger partial charge is 0.293 e. The molecule has 3 rings (SSSR count). The van der Waals surface area contributed by atoms with Gasteiger partial charge in [-0.25, -0.2) is 14.8 Å². The Morgan fingerprint density at radius 3 is 2.86 bits per heavy atom. The second-order valence-electron chi connectivity index (χ2n) is 5.49. The number of rotatable bonds is 3. The van der Waals surface area contributed by atoms with Gasteiger partial charge in [0.05, 0.1) is 17.6 Å². The standard InChI is InChI=1S/C17H16N4/c1-12(2)9-13-7-8-19-16(10-13)21-11-20-15-6-4-5-14(18-3)17(15)21/h4-8,10-12H,9H2,1-2H3. The van der Waals surface area contributed by atoms with Crippen molar-refractivity contribution in [3.8, 4) is 5.82 Å². The molecule has 0 aliphatic heterocycles. The van der Waals surface area contributed by atoms with Gasteiger partial charge < -0.3 is 0 Å². The Kier molecular flexibility index (Phi) is 3.41. The van der Waals surface area contributed by atoms with Crippen LogP contribution in [-0.2, 0) is 6.42 Å². The average Bonchev–Trinajstić information content (AvgIpc) is 2.90. The Hall–Kier alpha value is -2.67. The molecular weight excluding hydrogens is 260 g/mol. The highest BCUT2D eigenvalue weighted by Gasteiger charge is 2.10. The first kappa shape index (κ1) is 13.3. The Labute approximate surface area is 123 Å². The van der Waals surface area contributed by atoms with Crippen LogP contribution in [0.3, 0.4) is 0 Å². The Morgan fingerprint density at radius 2 is 2.10 bits per heavy atom. The van der Waals surface area contributed by atoms with Gasteiger partial charge in [0.15, 0.2) is 0 Å². The van der Waals surface area contributed by atoms with Crippen molar-refractivity contribution in [2.45, 2.75) is 20.3 Å². The third kappa shape index (κ3) is 2.50. The molecule has 0 radical (unpaired) electrons. The van der Waals surface area contributed by atoms with E-state index in [9.17, 15) is 0 Å². The Morgan fingerprint density at radius 1 is 1.24 bits per heavy atom. The summed E-state index contributed by atoms with van der Waals surface area (Å²) in [6, 6.07) is 9.69. The van der Waals surface area contributed by atoms with E-state index in [0.717, 1.165) is 23.3 Å². The van der Waals surface area contributed by atoms with Crippen molar-refractivity contribution in [1.29, 1.82) is 0 Å². The number of aromatic nitrogens is 3. The van der Waals surface area contributed by atoms with Gasteiger partial charge >= 0.3 is 0 Å². The molecule has 0 unspecified atom stereocenters. The predicted octanol–water partition coefficient (Wildman–Crippen LogP) is 4.17. The maximum absolute atomic E-state index is 7.32. The molecule has 1 aromatic carbocycles. The van der Waals surface area contributed by atoms with Gasteiger partial charge in [0, 0.05) is 6.20 Å². The van der Waals surface area contributed by atoms with E-state index >= 15 is 0 Å². The molecule has 3 aromatic rings. The van der Waals surface area contributed by atoms with Gasteiger partial charge in [-0.15, -0.1) is 0 Å². The molecule has 0 N–H and O–H groups in total. The molecule has 4 heteroatoms. The lowest BCUT2D eigenvalue weighted by Gasteiger charge is -2.08. The van der Waals surface area contributed by atoms with Crippen LogP contribution in [0.5, 0.6) is 0 Å². The molecule has 0 amide bonds. The second kappa shape index (κ2) is 5.37. The normalized spacial score (nSPS) is 11.0. The zero-order valence-electron chi connectivity index (χ0n) is 12.1. The molecule has 0 spiro atoms. The third-order valence-electron chi connectivity index (χ3n) is 3.37. The lowest BCUT2D eigenvalue weighted by Crippen LogP contribution is -1.99. The molecule has 0 aliphatic carbocycles. The first-order valence-corrected chi connectivity index (χ1v) is 6.98. The summed E-state index contributed by atoms with van der Waals surface area (Å²) in [5.41, 5.74) is 3.49. The van der Waals surface area contributed by atoms with E-state index in [-0.39, 0.29) is 0 Å². The molecule has 0 atom stereocenters. The van der Waals surface area contributed by atoms with E-state index in [0.29, 0.717) is 11.6 Å². The van der Waals surface area contributed by atoms with Crippen molar-refractivity contribution in [3.05, 3.63) is 59.8 Å². The highest BCUT2D eigenvalue weighted by Crippen LogP contribution is 2.27. The minimum Gasteiger partial charge on any atom is -0.293 e. The van der Waals surface area contributed by atoms with Gasteiger partial charge in [-0.2, -0.15) is 0 Å². The first-order chi connectivity index (χ1) is 10.2. The maximum atomic E-state index is 7.32. The summed E-state index contributed by atoms with van der Waals surface area (Å²) >= 11 is 0. The van der Waals surface area contributed by atoms with Crippen LogP contribution < -0.4 is 0 Å². The number of hydrogen-bond donors (Lipinski definition) is 0. The van der Waals surface area contributed by atoms with Crippen molar-refractivity contribution in [3.63, 3.8) is 0 Å². The topological polar surface area (TPSA) is 35.1 Å². The SMILES string of the molecule is [C-]#[N+]c1cccc2ncn(-c3cc(CC(C)C)ccn3)c12. The van der Waals surface area contributed by atoms with Crippen LogP contribution in [0.4, 0.5) is 5.69 Å². The van der Waals surface area contributed by atoms with Crippen molar-refractivity contribution in [2.75, 3.05) is 0 Å². The fourth-order valence-corrected chi connectivity index (χ4v) is 2.50. The minimum atomic E-state index is 0.596. The molecule has 0 fully saturated rings. The summed E-state index contributed by atoms with van der Waals surface area (Å²) in [6.45, 7) is 11.7. The summed E-state index contributed by atoms with van der Waals surface area (Å²) in [6.07, 6.45) is 4.57. The van der Waals surface area contributed by atoms with Crippen LogP contribution in [0.25, 0.3) is 21.7 Å². The van der Waals surface area contributed by atoms with Gasteiger partial charge in [0.2, 0.25) is 5.69 Å². The molecule has 0 saturated heterocycles. The molecule has 4 nitrogen and oxygen atoms in total. The molecule has 0 bridgehead atoms. The second-order valence-corrected chi connectivity index (χ2v) is 5.49. The number of pyridine rings is 1. The first-order valence-electron chi connectivity index (χ1n) is 6.98. The van der Waals surface area contributed by atoms with Crippen LogP contribution in [0.15, 0.2) is 42.9 Å². The number of nitrogens with zero attached hydrogens (tertiary/aromatic N) is 4. The fraction of sp³-hybridized carbons (Fsp3) is 0.235. The van der Waals surface area contributed by atoms with E-state index in [2.05, 4.69) is 34.7 Å². The molecule has 0 aliphatic rings. The maximum Gasteiger partial charge on any atom is 0.212 e. The van der Waals surface area contributed by atoms with Crippen LogP contribution in [0.2, 0.25) is 0 Å². The van der Waals surface area contributed by atoms with Gasteiger partial charge in [0.25, 0.3) is 0 Å². The molecule has 2 heterocycles. The summed E-state index contributed by atoms with van der Waals surface area (Å²) < 4.78 is 1.90. The molecule has 104 valence electrons. The van der Waals surface area contributed by atoms with Crippen molar-refractivity contribution in [1.82, 2.24) is 14.5 Å². The Bertz CT molecular complexity index is 824. The summed E-state index contributed by atoms with van der Waals surface area (Å²) in [4.78, 5) is 12.4. The van der Waals surface area contributed by atoms with Gasteiger partial charge in [-0.1, -0.05) is 26.0 Å². The van der Waals surface area contributed by atoms with E-state index in [1.807, 2.05) is 35.0 Å². The van der Waals surface area contributed by atoms with Gasteiger partial charge in [-0.3, -0.25) is 4.57 Å². The average molecular weight is 276 g/mol. The van der Waals surface area contributed by atoms with Crippen molar-refractivity contribution >= 4 is 16.7 Å². The van der Waals surface area contributed by atoms with Crippen LogP contribution in [0, 0.1) is 12.5 Å². The summed E-state index contributed by atoms with van der Waals surface area (Å²) in [5.74, 6) is 1.41. The number of hydrogen-bond acceptors (Lipinski definition) is 2. The van der Waals surface area contributed by atoms with E-state index < -0.39 is 0 Å². The van der Waals surface area contributed by atoms with E-state index in [1.165, 1.54) is 5.56 Å². The zero-order valence-corrected chi connectivity index (χ0v) is 12.1. The number of para-hydroxylation sites is 1. The molecule has 21 heavy (non-hydrogen) atoms. The van der Waals surface area contributed by atoms with Crippen LogP contribution >= 0.6 is 0 Å². The van der Waals surface area contributed by atoms with Gasteiger partial charge in [0.1, 0.15) is 12.1 Å². The molecule has 2 aromatic heterocycles. The predicted molar refractivity (Wildman–Crippen MR) is 83.7 cm³/mol. The third-order valence-corrected chi connectivity index (χ3v) is 3.37. The smallest absolute Gasteiger partial charge is 0.212 e.